The van der Waals surface area contributed by atoms with Crippen LogP contribution in [0.5, 0.6) is 0 Å². The number of nitrogens with two attached hydrogens (primary N) is 1. The number of aromatic nitrogens is 1. The van der Waals surface area contributed by atoms with Crippen LogP contribution in [0.1, 0.15) is 11.3 Å². The van der Waals surface area contributed by atoms with Gasteiger partial charge in [-0.15, -0.1) is 0 Å². The number of hydrogen-bond donors (Lipinski definition) is 3. The number of hydrogen-bond acceptors (Lipinski definition) is 4. The fourth-order valence-electron chi connectivity index (χ4n) is 1.86. The minimum Gasteiger partial charge on any atom is -0.396 e. The molecule has 1 heterocycles. The summed E-state index contributed by atoms with van der Waals surface area (Å²) in [4.78, 5) is 13.1. The predicted molar refractivity (Wildman–Crippen MR) is 73.6 cm³/mol. The van der Waals surface area contributed by atoms with Gasteiger partial charge in [0.25, 0.3) is 0 Å². The standard InChI is InChI=1S/C13H15NO2.CH3NO/c15-7-5-11-9-10-3-1-2-4-12(10)14-13(11)6-8-16;2-1-3/h1-4,9,15-16H,5-8H2;1H,(H2,2,3). The van der Waals surface area contributed by atoms with Crippen molar-refractivity contribution in [3.05, 3.63) is 41.6 Å². The average molecular weight is 262 g/mol. The first kappa shape index (κ1) is 15.1. The van der Waals surface area contributed by atoms with Gasteiger partial charge >= 0.3 is 0 Å². The summed E-state index contributed by atoms with van der Waals surface area (Å²) in [6, 6.07) is 9.93. The van der Waals surface area contributed by atoms with Crippen molar-refractivity contribution in [3.8, 4) is 0 Å². The van der Waals surface area contributed by atoms with E-state index in [9.17, 15) is 0 Å². The summed E-state index contributed by atoms with van der Waals surface area (Å²) >= 11 is 0. The van der Waals surface area contributed by atoms with Gasteiger partial charge in [0, 0.05) is 30.7 Å². The van der Waals surface area contributed by atoms with Crippen molar-refractivity contribution in [1.82, 2.24) is 4.98 Å². The van der Waals surface area contributed by atoms with Crippen LogP contribution in [0, 0.1) is 0 Å². The summed E-state index contributed by atoms with van der Waals surface area (Å²) in [5, 5.41) is 19.1. The smallest absolute Gasteiger partial charge is 0.204 e. The first-order chi connectivity index (χ1) is 9.26. The summed E-state index contributed by atoms with van der Waals surface area (Å²) in [7, 11) is 0. The first-order valence-electron chi connectivity index (χ1n) is 6.01. The number of amides is 1. The summed E-state index contributed by atoms with van der Waals surface area (Å²) in [6.45, 7) is 0.197. The largest absolute Gasteiger partial charge is 0.396 e. The van der Waals surface area contributed by atoms with Crippen LogP contribution in [0.2, 0.25) is 0 Å². The molecule has 5 nitrogen and oxygen atoms in total. The second-order valence-electron chi connectivity index (χ2n) is 3.87. The first-order valence-corrected chi connectivity index (χ1v) is 6.01. The second kappa shape index (κ2) is 8.18. The molecular formula is C14H18N2O3. The van der Waals surface area contributed by atoms with Gasteiger partial charge in [0.2, 0.25) is 6.41 Å². The van der Waals surface area contributed by atoms with Crippen molar-refractivity contribution in [3.63, 3.8) is 0 Å². The van der Waals surface area contributed by atoms with E-state index in [-0.39, 0.29) is 19.6 Å². The van der Waals surface area contributed by atoms with Crippen molar-refractivity contribution in [2.45, 2.75) is 12.8 Å². The van der Waals surface area contributed by atoms with E-state index in [0.29, 0.717) is 12.8 Å². The van der Waals surface area contributed by atoms with Crippen LogP contribution in [0.15, 0.2) is 30.3 Å². The quantitative estimate of drug-likeness (QED) is 0.695. The molecule has 19 heavy (non-hydrogen) atoms. The number of para-hydroxylation sites is 1. The molecule has 0 radical (unpaired) electrons. The molecule has 0 unspecified atom stereocenters. The van der Waals surface area contributed by atoms with Crippen LogP contribution < -0.4 is 5.73 Å². The minimum absolute atomic E-state index is 0.0871. The Morgan fingerprint density at radius 1 is 1.16 bits per heavy atom. The highest BCUT2D eigenvalue weighted by atomic mass is 16.3. The highest BCUT2D eigenvalue weighted by Gasteiger charge is 2.05. The van der Waals surface area contributed by atoms with E-state index < -0.39 is 0 Å². The van der Waals surface area contributed by atoms with Crippen molar-refractivity contribution < 1.29 is 15.0 Å². The summed E-state index contributed by atoms with van der Waals surface area (Å²) in [5.41, 5.74) is 7.01. The summed E-state index contributed by atoms with van der Waals surface area (Å²) < 4.78 is 0. The molecule has 5 heteroatoms. The lowest BCUT2D eigenvalue weighted by atomic mass is 10.0. The van der Waals surface area contributed by atoms with E-state index in [1.54, 1.807) is 0 Å². The van der Waals surface area contributed by atoms with Crippen LogP contribution in [0.4, 0.5) is 0 Å². The van der Waals surface area contributed by atoms with E-state index in [2.05, 4.69) is 10.7 Å². The molecule has 0 aliphatic carbocycles. The molecule has 0 saturated carbocycles. The highest BCUT2D eigenvalue weighted by Crippen LogP contribution is 2.17. The van der Waals surface area contributed by atoms with Crippen LogP contribution >= 0.6 is 0 Å². The Balaban J connectivity index is 0.000000550. The van der Waals surface area contributed by atoms with E-state index in [4.69, 9.17) is 15.0 Å². The van der Waals surface area contributed by atoms with Gasteiger partial charge in [0.05, 0.1) is 5.52 Å². The third-order valence-corrected chi connectivity index (χ3v) is 2.62. The van der Waals surface area contributed by atoms with Gasteiger partial charge in [-0.3, -0.25) is 9.78 Å². The van der Waals surface area contributed by atoms with Crippen molar-refractivity contribution in [2.75, 3.05) is 13.2 Å². The monoisotopic (exact) mass is 262 g/mol. The number of pyridine rings is 1. The van der Waals surface area contributed by atoms with Gasteiger partial charge in [0.1, 0.15) is 0 Å². The number of benzene rings is 1. The van der Waals surface area contributed by atoms with E-state index in [1.165, 1.54) is 0 Å². The zero-order chi connectivity index (χ0) is 14.1. The fraction of sp³-hybridized carbons (Fsp3) is 0.286. The lowest BCUT2D eigenvalue weighted by molar-refractivity contribution is -0.106. The minimum atomic E-state index is 0.0871. The topological polar surface area (TPSA) is 96.4 Å². The molecule has 0 aliphatic heterocycles. The number of carbonyl (C=O) groups is 1. The summed E-state index contributed by atoms with van der Waals surface area (Å²) in [6.07, 6.45) is 1.38. The number of carbonyl (C=O) groups excluding carboxylic acids is 1. The van der Waals surface area contributed by atoms with Gasteiger partial charge in [-0.2, -0.15) is 0 Å². The third-order valence-electron chi connectivity index (χ3n) is 2.62. The maximum atomic E-state index is 8.99. The van der Waals surface area contributed by atoms with Crippen molar-refractivity contribution >= 4 is 17.3 Å². The normalized spacial score (nSPS) is 9.79. The number of rotatable bonds is 4. The molecule has 0 fully saturated rings. The maximum Gasteiger partial charge on any atom is 0.204 e. The molecule has 2 rings (SSSR count). The van der Waals surface area contributed by atoms with Gasteiger partial charge in [-0.05, 0) is 24.1 Å². The number of aliphatic hydroxyl groups is 2. The Labute approximate surface area is 111 Å². The molecule has 1 aromatic carbocycles. The van der Waals surface area contributed by atoms with E-state index in [0.717, 1.165) is 22.2 Å². The Kier molecular flexibility index (Phi) is 6.49. The van der Waals surface area contributed by atoms with Crippen LogP contribution in [0.25, 0.3) is 10.9 Å². The van der Waals surface area contributed by atoms with Gasteiger partial charge in [-0.1, -0.05) is 18.2 Å². The Morgan fingerprint density at radius 3 is 2.42 bits per heavy atom. The van der Waals surface area contributed by atoms with Crippen LogP contribution in [-0.2, 0) is 17.6 Å². The number of primary amides is 1. The molecule has 102 valence electrons. The fourth-order valence-corrected chi connectivity index (χ4v) is 1.86. The van der Waals surface area contributed by atoms with Crippen molar-refractivity contribution in [1.29, 1.82) is 0 Å². The third kappa shape index (κ3) is 4.31. The van der Waals surface area contributed by atoms with Gasteiger partial charge in [-0.25, -0.2) is 0 Å². The maximum absolute atomic E-state index is 8.99. The van der Waals surface area contributed by atoms with Crippen LogP contribution in [-0.4, -0.2) is 34.8 Å². The molecule has 1 amide bonds. The van der Waals surface area contributed by atoms with Crippen LogP contribution in [0.3, 0.4) is 0 Å². The predicted octanol–water partition coefficient (Wildman–Crippen LogP) is 0.406. The molecule has 0 bridgehead atoms. The Morgan fingerprint density at radius 2 is 1.79 bits per heavy atom. The molecular weight excluding hydrogens is 244 g/mol. The Hall–Kier alpha value is -1.98. The molecule has 0 spiro atoms. The number of nitrogens with zero attached hydrogens (tertiary/aromatic N) is 1. The lowest BCUT2D eigenvalue weighted by Gasteiger charge is -2.08. The number of aliphatic hydroxyl groups excluding tert-OH is 2. The average Bonchev–Trinajstić information content (AvgIpc) is 2.41. The van der Waals surface area contributed by atoms with E-state index in [1.807, 2.05) is 30.3 Å². The molecule has 0 aliphatic rings. The lowest BCUT2D eigenvalue weighted by Crippen LogP contribution is -2.03. The molecule has 4 N–H and O–H groups in total. The molecule has 0 saturated heterocycles. The SMILES string of the molecule is NC=O.OCCc1cc2ccccc2nc1CCO. The van der Waals surface area contributed by atoms with Gasteiger partial charge < -0.3 is 15.9 Å². The molecule has 1 aromatic heterocycles. The Bertz CT molecular complexity index is 485. The second-order valence-corrected chi connectivity index (χ2v) is 3.87. The van der Waals surface area contributed by atoms with Gasteiger partial charge in [0.15, 0.2) is 0 Å². The number of fused-ring (bicyclic) bond motifs is 1. The highest BCUT2D eigenvalue weighted by molar-refractivity contribution is 5.79. The molecule has 0 atom stereocenters. The van der Waals surface area contributed by atoms with E-state index >= 15 is 0 Å². The zero-order valence-corrected chi connectivity index (χ0v) is 10.6. The summed E-state index contributed by atoms with van der Waals surface area (Å²) in [5.74, 6) is 0. The van der Waals surface area contributed by atoms with Crippen molar-refractivity contribution in [2.24, 2.45) is 5.73 Å². The zero-order valence-electron chi connectivity index (χ0n) is 10.6. The molecule has 2 aromatic rings.